The molecule has 0 fully saturated rings. The molecule has 6 nitrogen and oxygen atoms in total. The van der Waals surface area contributed by atoms with Crippen LogP contribution in [0.25, 0.3) is 10.6 Å². The summed E-state index contributed by atoms with van der Waals surface area (Å²) in [4.78, 5) is 5.32. The SMILES string of the molecule is Cn1c(CO)nnc1SCc1ncc(-c2cccs2)o1. The molecule has 0 aliphatic heterocycles. The maximum Gasteiger partial charge on any atom is 0.205 e. The number of thioether (sulfide) groups is 1. The molecule has 0 radical (unpaired) electrons. The fourth-order valence-electron chi connectivity index (χ4n) is 1.64. The van der Waals surface area contributed by atoms with E-state index in [4.69, 9.17) is 9.52 Å². The molecule has 0 aliphatic rings. The van der Waals surface area contributed by atoms with Crippen LogP contribution in [0.15, 0.2) is 33.3 Å². The Kier molecular flexibility index (Phi) is 3.86. The normalized spacial score (nSPS) is 11.1. The molecule has 0 bridgehead atoms. The summed E-state index contributed by atoms with van der Waals surface area (Å²) in [5.41, 5.74) is 0. The molecule has 0 aromatic carbocycles. The van der Waals surface area contributed by atoms with E-state index in [1.807, 2.05) is 24.6 Å². The molecule has 0 saturated heterocycles. The molecule has 0 unspecified atom stereocenters. The van der Waals surface area contributed by atoms with Crippen LogP contribution < -0.4 is 0 Å². The van der Waals surface area contributed by atoms with Gasteiger partial charge in [-0.2, -0.15) is 0 Å². The van der Waals surface area contributed by atoms with Crippen LogP contribution in [0, 0.1) is 0 Å². The Bertz CT molecular complexity index is 690. The summed E-state index contributed by atoms with van der Waals surface area (Å²) in [6.45, 7) is -0.119. The predicted molar refractivity (Wildman–Crippen MR) is 76.3 cm³/mol. The van der Waals surface area contributed by atoms with Crippen LogP contribution >= 0.6 is 23.1 Å². The molecule has 20 heavy (non-hydrogen) atoms. The number of hydrogen-bond acceptors (Lipinski definition) is 7. The Morgan fingerprint density at radius 3 is 3.05 bits per heavy atom. The van der Waals surface area contributed by atoms with Crippen molar-refractivity contribution in [3.05, 3.63) is 35.4 Å². The number of rotatable bonds is 5. The second kappa shape index (κ2) is 5.78. The Morgan fingerprint density at radius 1 is 1.45 bits per heavy atom. The van der Waals surface area contributed by atoms with Gasteiger partial charge in [-0.05, 0) is 11.4 Å². The third-order valence-corrected chi connectivity index (χ3v) is 4.60. The third-order valence-electron chi connectivity index (χ3n) is 2.71. The van der Waals surface area contributed by atoms with Crippen LogP contribution in [0.1, 0.15) is 11.7 Å². The van der Waals surface area contributed by atoms with Gasteiger partial charge < -0.3 is 14.1 Å². The smallest absolute Gasteiger partial charge is 0.205 e. The molecule has 0 atom stereocenters. The Labute approximate surface area is 123 Å². The highest BCUT2D eigenvalue weighted by Gasteiger charge is 2.11. The van der Waals surface area contributed by atoms with Gasteiger partial charge in [-0.25, -0.2) is 4.98 Å². The van der Waals surface area contributed by atoms with Crippen molar-refractivity contribution in [2.24, 2.45) is 7.05 Å². The minimum atomic E-state index is -0.119. The lowest BCUT2D eigenvalue weighted by Gasteiger charge is -1.99. The fraction of sp³-hybridized carbons (Fsp3) is 0.250. The van der Waals surface area contributed by atoms with Gasteiger partial charge in [-0.1, -0.05) is 17.8 Å². The molecule has 0 spiro atoms. The zero-order valence-electron chi connectivity index (χ0n) is 10.7. The zero-order valence-corrected chi connectivity index (χ0v) is 12.3. The molecule has 0 aliphatic carbocycles. The van der Waals surface area contributed by atoms with E-state index in [0.29, 0.717) is 17.5 Å². The maximum atomic E-state index is 9.06. The first-order valence-corrected chi connectivity index (χ1v) is 7.75. The van der Waals surface area contributed by atoms with Gasteiger partial charge in [0.2, 0.25) is 5.89 Å². The maximum absolute atomic E-state index is 9.06. The summed E-state index contributed by atoms with van der Waals surface area (Å²) in [6.07, 6.45) is 1.73. The van der Waals surface area contributed by atoms with Gasteiger partial charge in [0, 0.05) is 7.05 Å². The number of aliphatic hydroxyl groups is 1. The highest BCUT2D eigenvalue weighted by molar-refractivity contribution is 7.98. The van der Waals surface area contributed by atoms with Crippen LogP contribution in [-0.4, -0.2) is 24.9 Å². The van der Waals surface area contributed by atoms with Crippen molar-refractivity contribution < 1.29 is 9.52 Å². The van der Waals surface area contributed by atoms with Crippen LogP contribution in [0.5, 0.6) is 0 Å². The quantitative estimate of drug-likeness (QED) is 0.729. The van der Waals surface area contributed by atoms with E-state index in [1.54, 1.807) is 22.1 Å². The van der Waals surface area contributed by atoms with E-state index >= 15 is 0 Å². The number of aliphatic hydroxyl groups excluding tert-OH is 1. The van der Waals surface area contributed by atoms with Crippen molar-refractivity contribution in [2.45, 2.75) is 17.5 Å². The first-order chi connectivity index (χ1) is 9.78. The van der Waals surface area contributed by atoms with Gasteiger partial charge in [-0.15, -0.1) is 21.5 Å². The van der Waals surface area contributed by atoms with Crippen molar-refractivity contribution >= 4 is 23.1 Å². The first kappa shape index (κ1) is 13.3. The average molecular weight is 308 g/mol. The van der Waals surface area contributed by atoms with Crippen molar-refractivity contribution in [1.82, 2.24) is 19.7 Å². The number of aromatic nitrogens is 4. The summed E-state index contributed by atoms with van der Waals surface area (Å²) in [5, 5.41) is 19.7. The molecule has 3 aromatic rings. The van der Waals surface area contributed by atoms with E-state index in [9.17, 15) is 0 Å². The van der Waals surface area contributed by atoms with Crippen LogP contribution in [0.3, 0.4) is 0 Å². The summed E-state index contributed by atoms with van der Waals surface area (Å²) in [6, 6.07) is 3.98. The second-order valence-corrected chi connectivity index (χ2v) is 5.89. The number of nitrogens with zero attached hydrogens (tertiary/aromatic N) is 4. The minimum Gasteiger partial charge on any atom is -0.439 e. The number of thiophene rings is 1. The zero-order chi connectivity index (χ0) is 13.9. The van der Waals surface area contributed by atoms with Gasteiger partial charge >= 0.3 is 0 Å². The summed E-state index contributed by atoms with van der Waals surface area (Å²) in [5.74, 6) is 2.54. The summed E-state index contributed by atoms with van der Waals surface area (Å²) < 4.78 is 7.45. The molecule has 3 rings (SSSR count). The van der Waals surface area contributed by atoms with Crippen LogP contribution in [0.4, 0.5) is 0 Å². The molecule has 3 heterocycles. The van der Waals surface area contributed by atoms with E-state index < -0.39 is 0 Å². The molecule has 8 heteroatoms. The average Bonchev–Trinajstić information content (AvgIpc) is 3.17. The molecule has 104 valence electrons. The standard InChI is InChI=1S/C12H12N4O2S2/c1-16-10(6-17)14-15-12(16)20-7-11-13-5-8(18-11)9-3-2-4-19-9/h2-5,17H,6-7H2,1H3. The van der Waals surface area contributed by atoms with Gasteiger partial charge in [-0.3, -0.25) is 0 Å². The lowest BCUT2D eigenvalue weighted by Crippen LogP contribution is -1.98. The number of oxazole rings is 1. The lowest BCUT2D eigenvalue weighted by atomic mass is 10.4. The highest BCUT2D eigenvalue weighted by atomic mass is 32.2. The van der Waals surface area contributed by atoms with Crippen molar-refractivity contribution in [2.75, 3.05) is 0 Å². The minimum absolute atomic E-state index is 0.119. The van der Waals surface area contributed by atoms with E-state index in [2.05, 4.69) is 15.2 Å². The summed E-state index contributed by atoms with van der Waals surface area (Å²) in [7, 11) is 1.82. The van der Waals surface area contributed by atoms with Gasteiger partial charge in [0.15, 0.2) is 16.7 Å². The third kappa shape index (κ3) is 2.62. The molecule has 0 amide bonds. The topological polar surface area (TPSA) is 77.0 Å². The fourth-order valence-corrected chi connectivity index (χ4v) is 3.10. The largest absolute Gasteiger partial charge is 0.439 e. The lowest BCUT2D eigenvalue weighted by molar-refractivity contribution is 0.266. The van der Waals surface area contributed by atoms with Gasteiger partial charge in [0.25, 0.3) is 0 Å². The molecule has 0 saturated carbocycles. The second-order valence-electron chi connectivity index (χ2n) is 4.00. The van der Waals surface area contributed by atoms with Crippen molar-refractivity contribution in [1.29, 1.82) is 0 Å². The first-order valence-electron chi connectivity index (χ1n) is 5.88. The van der Waals surface area contributed by atoms with E-state index in [0.717, 1.165) is 15.8 Å². The monoisotopic (exact) mass is 308 g/mol. The summed E-state index contributed by atoms with van der Waals surface area (Å²) >= 11 is 3.09. The van der Waals surface area contributed by atoms with Crippen LogP contribution in [0.2, 0.25) is 0 Å². The molecular weight excluding hydrogens is 296 g/mol. The van der Waals surface area contributed by atoms with E-state index in [1.165, 1.54) is 11.8 Å². The van der Waals surface area contributed by atoms with E-state index in [-0.39, 0.29) is 6.61 Å². The predicted octanol–water partition coefficient (Wildman–Crippen LogP) is 2.32. The molecule has 3 aromatic heterocycles. The van der Waals surface area contributed by atoms with Crippen LogP contribution in [-0.2, 0) is 19.4 Å². The Morgan fingerprint density at radius 2 is 2.35 bits per heavy atom. The van der Waals surface area contributed by atoms with Gasteiger partial charge in [0.1, 0.15) is 6.61 Å². The number of hydrogen-bond donors (Lipinski definition) is 1. The van der Waals surface area contributed by atoms with Gasteiger partial charge in [0.05, 0.1) is 16.8 Å². The molecular formula is C12H12N4O2S2. The van der Waals surface area contributed by atoms with Crippen molar-refractivity contribution in [3.8, 4) is 10.6 Å². The Balaban J connectivity index is 1.68. The highest BCUT2D eigenvalue weighted by Crippen LogP contribution is 2.27. The Hall–Kier alpha value is -1.64. The molecule has 1 N–H and O–H groups in total. The van der Waals surface area contributed by atoms with Crippen molar-refractivity contribution in [3.63, 3.8) is 0 Å².